The average molecular weight is 135 g/mol. The van der Waals surface area contributed by atoms with Crippen molar-refractivity contribution in [2.45, 2.75) is 31.3 Å². The lowest BCUT2D eigenvalue weighted by atomic mass is 10.1. The molecule has 0 bridgehead atoms. The van der Waals surface area contributed by atoms with Gasteiger partial charge in [-0.05, 0) is 25.2 Å². The van der Waals surface area contributed by atoms with E-state index >= 15 is 0 Å². The summed E-state index contributed by atoms with van der Waals surface area (Å²) >= 11 is 0. The van der Waals surface area contributed by atoms with Gasteiger partial charge in [-0.2, -0.15) is 0 Å². The fourth-order valence-corrected chi connectivity index (χ4v) is 2.75. The van der Waals surface area contributed by atoms with Crippen LogP contribution in [-0.4, -0.2) is 23.5 Å². The van der Waals surface area contributed by atoms with E-state index in [2.05, 4.69) is 11.5 Å². The number of nitrogens with zero attached hydrogens (tertiary/aromatic N) is 1. The largest absolute Gasteiger partial charge is 0.293 e. The molecule has 0 radical (unpaired) electrons. The number of rotatable bonds is 0. The maximum Gasteiger partial charge on any atom is 0.0196 e. The molecular formula is C9H13N. The van der Waals surface area contributed by atoms with Crippen LogP contribution in [0.15, 0.2) is 12.2 Å². The quantitative estimate of drug-likeness (QED) is 0.454. The smallest absolute Gasteiger partial charge is 0.0196 e. The van der Waals surface area contributed by atoms with E-state index in [1.807, 2.05) is 0 Å². The first-order valence-electron chi connectivity index (χ1n) is 4.27. The van der Waals surface area contributed by atoms with Gasteiger partial charge in [0, 0.05) is 18.6 Å². The summed E-state index contributed by atoms with van der Waals surface area (Å²) in [5.74, 6) is 1.10. The van der Waals surface area contributed by atoms with E-state index in [9.17, 15) is 0 Å². The summed E-state index contributed by atoms with van der Waals surface area (Å²) in [6, 6.07) is 1.90. The predicted octanol–water partition coefficient (Wildman–Crippen LogP) is 1.41. The fraction of sp³-hybridized carbons (Fsp3) is 0.778. The molecule has 3 atom stereocenters. The maximum atomic E-state index is 4.05. The van der Waals surface area contributed by atoms with Gasteiger partial charge in [-0.3, -0.25) is 4.90 Å². The second-order valence-corrected chi connectivity index (χ2v) is 4.08. The summed E-state index contributed by atoms with van der Waals surface area (Å²) in [5, 5.41) is 0. The van der Waals surface area contributed by atoms with Crippen molar-refractivity contribution in [3.8, 4) is 0 Å². The minimum Gasteiger partial charge on any atom is -0.293 e. The lowest BCUT2D eigenvalue weighted by Crippen LogP contribution is -2.26. The zero-order chi connectivity index (χ0) is 6.72. The van der Waals surface area contributed by atoms with Crippen LogP contribution in [-0.2, 0) is 0 Å². The third-order valence-electron chi connectivity index (χ3n) is 3.29. The lowest BCUT2D eigenvalue weighted by Gasteiger charge is -2.16. The Kier molecular flexibility index (Phi) is 0.791. The van der Waals surface area contributed by atoms with Crippen LogP contribution in [0.25, 0.3) is 0 Å². The Morgan fingerprint density at radius 1 is 1.40 bits per heavy atom. The van der Waals surface area contributed by atoms with Gasteiger partial charge in [0.1, 0.15) is 0 Å². The van der Waals surface area contributed by atoms with Gasteiger partial charge in [-0.25, -0.2) is 0 Å². The van der Waals surface area contributed by atoms with E-state index in [4.69, 9.17) is 0 Å². The first kappa shape index (κ1) is 5.36. The van der Waals surface area contributed by atoms with Crippen LogP contribution in [0.2, 0.25) is 0 Å². The molecule has 54 valence electrons. The molecule has 0 aromatic rings. The highest BCUT2D eigenvalue weighted by atomic mass is 15.3. The van der Waals surface area contributed by atoms with Crippen molar-refractivity contribution in [1.29, 1.82) is 0 Å². The second-order valence-electron chi connectivity index (χ2n) is 4.08. The van der Waals surface area contributed by atoms with Gasteiger partial charge in [0.15, 0.2) is 0 Å². The lowest BCUT2D eigenvalue weighted by molar-refractivity contribution is 0.283. The summed E-state index contributed by atoms with van der Waals surface area (Å²) < 4.78 is 0. The number of hydrogen-bond acceptors (Lipinski definition) is 1. The molecule has 3 rings (SSSR count). The van der Waals surface area contributed by atoms with Crippen LogP contribution in [0.3, 0.4) is 0 Å². The van der Waals surface area contributed by atoms with Crippen molar-refractivity contribution >= 4 is 0 Å². The Hall–Kier alpha value is -0.300. The van der Waals surface area contributed by atoms with Gasteiger partial charge in [-0.15, -0.1) is 0 Å². The van der Waals surface area contributed by atoms with Crippen LogP contribution in [0, 0.1) is 5.92 Å². The molecule has 0 spiro atoms. The number of hydrogen-bond donors (Lipinski definition) is 0. The second kappa shape index (κ2) is 1.48. The average Bonchev–Trinajstić information content (AvgIpc) is 2.40. The first-order chi connectivity index (χ1) is 4.84. The SMILES string of the molecule is C=C1CC2CC3CC3N2C1. The van der Waals surface area contributed by atoms with Crippen molar-refractivity contribution in [3.05, 3.63) is 12.2 Å². The Morgan fingerprint density at radius 3 is 3.10 bits per heavy atom. The van der Waals surface area contributed by atoms with Gasteiger partial charge in [0.05, 0.1) is 0 Å². The van der Waals surface area contributed by atoms with E-state index in [1.54, 1.807) is 0 Å². The van der Waals surface area contributed by atoms with E-state index in [0.717, 1.165) is 18.0 Å². The highest BCUT2D eigenvalue weighted by Gasteiger charge is 2.53. The zero-order valence-corrected chi connectivity index (χ0v) is 6.21. The summed E-state index contributed by atoms with van der Waals surface area (Å²) in [7, 11) is 0. The molecule has 2 saturated heterocycles. The minimum absolute atomic E-state index is 0.913. The van der Waals surface area contributed by atoms with Crippen molar-refractivity contribution in [2.75, 3.05) is 6.54 Å². The Balaban J connectivity index is 1.88. The fourth-order valence-electron chi connectivity index (χ4n) is 2.75. The molecule has 0 aromatic heterocycles. The molecule has 3 unspecified atom stereocenters. The monoisotopic (exact) mass is 135 g/mol. The summed E-state index contributed by atoms with van der Waals surface area (Å²) in [6.07, 6.45) is 4.26. The summed E-state index contributed by atoms with van der Waals surface area (Å²) in [4.78, 5) is 2.67. The van der Waals surface area contributed by atoms with Gasteiger partial charge in [0.25, 0.3) is 0 Å². The highest BCUT2D eigenvalue weighted by Crippen LogP contribution is 2.51. The van der Waals surface area contributed by atoms with Crippen molar-refractivity contribution in [3.63, 3.8) is 0 Å². The molecule has 2 aliphatic heterocycles. The third-order valence-corrected chi connectivity index (χ3v) is 3.29. The number of piperidine rings is 1. The van der Waals surface area contributed by atoms with Crippen molar-refractivity contribution in [2.24, 2.45) is 5.92 Å². The highest BCUT2D eigenvalue weighted by molar-refractivity contribution is 5.18. The van der Waals surface area contributed by atoms with E-state index in [0.29, 0.717) is 0 Å². The van der Waals surface area contributed by atoms with Gasteiger partial charge in [-0.1, -0.05) is 12.2 Å². The molecule has 2 heterocycles. The molecule has 0 N–H and O–H groups in total. The Morgan fingerprint density at radius 2 is 2.30 bits per heavy atom. The molecule has 1 saturated carbocycles. The van der Waals surface area contributed by atoms with Crippen LogP contribution in [0.1, 0.15) is 19.3 Å². The number of fused-ring (bicyclic) bond motifs is 3. The van der Waals surface area contributed by atoms with Crippen molar-refractivity contribution in [1.82, 2.24) is 4.90 Å². The summed E-state index contributed by atoms with van der Waals surface area (Å²) in [5.41, 5.74) is 1.47. The Labute approximate surface area is 61.7 Å². The molecule has 1 nitrogen and oxygen atoms in total. The normalized spacial score (nSPS) is 51.2. The first-order valence-corrected chi connectivity index (χ1v) is 4.27. The van der Waals surface area contributed by atoms with E-state index in [1.165, 1.54) is 31.4 Å². The predicted molar refractivity (Wildman–Crippen MR) is 40.8 cm³/mol. The van der Waals surface area contributed by atoms with E-state index in [-0.39, 0.29) is 0 Å². The molecule has 1 heteroatoms. The zero-order valence-electron chi connectivity index (χ0n) is 6.21. The van der Waals surface area contributed by atoms with Gasteiger partial charge in [0.2, 0.25) is 0 Å². The van der Waals surface area contributed by atoms with Gasteiger partial charge < -0.3 is 0 Å². The van der Waals surface area contributed by atoms with Crippen LogP contribution >= 0.6 is 0 Å². The summed E-state index contributed by atoms with van der Waals surface area (Å²) in [6.45, 7) is 5.26. The van der Waals surface area contributed by atoms with Gasteiger partial charge >= 0.3 is 0 Å². The van der Waals surface area contributed by atoms with E-state index < -0.39 is 0 Å². The minimum atomic E-state index is 0.913. The molecule has 1 aliphatic carbocycles. The van der Waals surface area contributed by atoms with Crippen molar-refractivity contribution < 1.29 is 0 Å². The molecule has 0 amide bonds. The molecule has 0 aromatic carbocycles. The molecule has 3 fully saturated rings. The topological polar surface area (TPSA) is 3.24 Å². The maximum absolute atomic E-state index is 4.05. The van der Waals surface area contributed by atoms with Crippen LogP contribution in [0.4, 0.5) is 0 Å². The molecule has 3 aliphatic rings. The molecular weight excluding hydrogens is 122 g/mol. The van der Waals surface area contributed by atoms with Crippen LogP contribution in [0.5, 0.6) is 0 Å². The third kappa shape index (κ3) is 0.523. The Bertz CT molecular complexity index is 197. The molecule has 10 heavy (non-hydrogen) atoms. The van der Waals surface area contributed by atoms with Crippen LogP contribution < -0.4 is 0 Å². The standard InChI is InChI=1S/C9H13N/c1-6-2-8-3-7-4-9(7)10(8)5-6/h7-9H,1-5H2.